The van der Waals surface area contributed by atoms with Gasteiger partial charge in [-0.2, -0.15) is 4.31 Å². The number of hydrogen-bond acceptors (Lipinski definition) is 4. The molecule has 1 saturated heterocycles. The highest BCUT2D eigenvalue weighted by atomic mass is 32.2. The fourth-order valence-corrected chi connectivity index (χ4v) is 4.47. The van der Waals surface area contributed by atoms with Crippen LogP contribution in [0, 0.1) is 0 Å². The number of rotatable bonds is 4. The summed E-state index contributed by atoms with van der Waals surface area (Å²) < 4.78 is 32.5. The van der Waals surface area contributed by atoms with E-state index in [1.54, 1.807) is 28.6 Å². The number of nitrogens with zero attached hydrogens (tertiary/aromatic N) is 2. The van der Waals surface area contributed by atoms with Gasteiger partial charge in [0.05, 0.1) is 10.9 Å². The van der Waals surface area contributed by atoms with Gasteiger partial charge in [-0.25, -0.2) is 8.42 Å². The van der Waals surface area contributed by atoms with Crippen LogP contribution in [0.15, 0.2) is 45.8 Å². The van der Waals surface area contributed by atoms with Crippen LogP contribution in [-0.2, 0) is 10.0 Å². The fraction of sp³-hybridized carbons (Fsp3) is 0.438. The molecular formula is C16H20N2O3S. The van der Waals surface area contributed by atoms with E-state index in [-0.39, 0.29) is 12.0 Å². The molecule has 0 radical (unpaired) electrons. The van der Waals surface area contributed by atoms with Crippen molar-refractivity contribution in [1.29, 1.82) is 0 Å². The molecule has 0 unspecified atom stereocenters. The Bertz CT molecular complexity index is 738. The zero-order chi connectivity index (χ0) is 15.7. The minimum Gasteiger partial charge on any atom is -0.361 e. The highest BCUT2D eigenvalue weighted by Gasteiger charge is 2.37. The Morgan fingerprint density at radius 3 is 2.64 bits per heavy atom. The summed E-state index contributed by atoms with van der Waals surface area (Å²) in [5.41, 5.74) is 0.709. The van der Waals surface area contributed by atoms with Crippen LogP contribution < -0.4 is 0 Å². The Hall–Kier alpha value is -1.66. The topological polar surface area (TPSA) is 63.4 Å². The maximum atomic E-state index is 12.8. The fourth-order valence-electron chi connectivity index (χ4n) is 2.78. The maximum absolute atomic E-state index is 12.8. The molecule has 0 N–H and O–H groups in total. The Kier molecular flexibility index (Phi) is 4.06. The molecule has 0 amide bonds. The normalized spacial score (nSPS) is 19.9. The summed E-state index contributed by atoms with van der Waals surface area (Å²) >= 11 is 0. The van der Waals surface area contributed by atoms with E-state index in [9.17, 15) is 8.42 Å². The number of hydrogen-bond donors (Lipinski definition) is 0. The highest BCUT2D eigenvalue weighted by molar-refractivity contribution is 7.89. The van der Waals surface area contributed by atoms with Crippen molar-refractivity contribution in [3.8, 4) is 0 Å². The SMILES string of the molecule is CC(C)c1cc([C@H]2CCCN2S(=O)(=O)c2ccccc2)no1. The molecule has 1 aliphatic rings. The Balaban J connectivity index is 1.93. The van der Waals surface area contributed by atoms with Crippen molar-refractivity contribution in [1.82, 2.24) is 9.46 Å². The first-order valence-electron chi connectivity index (χ1n) is 7.53. The minimum absolute atomic E-state index is 0.235. The smallest absolute Gasteiger partial charge is 0.243 e. The van der Waals surface area contributed by atoms with Gasteiger partial charge in [-0.15, -0.1) is 0 Å². The zero-order valence-corrected chi connectivity index (χ0v) is 13.6. The predicted molar refractivity (Wildman–Crippen MR) is 82.9 cm³/mol. The summed E-state index contributed by atoms with van der Waals surface area (Å²) in [5, 5.41) is 4.10. The lowest BCUT2D eigenvalue weighted by atomic mass is 10.1. The van der Waals surface area contributed by atoms with E-state index >= 15 is 0 Å². The van der Waals surface area contributed by atoms with Crippen LogP contribution in [-0.4, -0.2) is 24.4 Å². The van der Waals surface area contributed by atoms with E-state index < -0.39 is 10.0 Å². The Labute approximate surface area is 131 Å². The third kappa shape index (κ3) is 2.68. The molecule has 1 atom stereocenters. The Morgan fingerprint density at radius 2 is 2.00 bits per heavy atom. The predicted octanol–water partition coefficient (Wildman–Crippen LogP) is 3.32. The van der Waals surface area contributed by atoms with Crippen LogP contribution in [0.1, 0.15) is 50.1 Å². The molecule has 1 aromatic heterocycles. The first-order valence-corrected chi connectivity index (χ1v) is 8.97. The van der Waals surface area contributed by atoms with Gasteiger partial charge < -0.3 is 4.52 Å². The lowest BCUT2D eigenvalue weighted by molar-refractivity contribution is 0.338. The molecule has 118 valence electrons. The summed E-state index contributed by atoms with van der Waals surface area (Å²) in [6, 6.07) is 10.2. The van der Waals surface area contributed by atoms with Crippen molar-refractivity contribution in [2.75, 3.05) is 6.54 Å². The van der Waals surface area contributed by atoms with E-state index in [2.05, 4.69) is 5.16 Å². The van der Waals surface area contributed by atoms with Gasteiger partial charge in [-0.05, 0) is 25.0 Å². The van der Waals surface area contributed by atoms with Crippen molar-refractivity contribution in [2.24, 2.45) is 0 Å². The average molecular weight is 320 g/mol. The molecule has 2 aromatic rings. The molecule has 2 heterocycles. The molecule has 0 bridgehead atoms. The maximum Gasteiger partial charge on any atom is 0.243 e. The number of sulfonamides is 1. The summed E-state index contributed by atoms with van der Waals surface area (Å²) in [7, 11) is -3.50. The van der Waals surface area contributed by atoms with Crippen LogP contribution >= 0.6 is 0 Å². The van der Waals surface area contributed by atoms with Gasteiger partial charge in [0.15, 0.2) is 0 Å². The highest BCUT2D eigenvalue weighted by Crippen LogP contribution is 2.36. The second kappa shape index (κ2) is 5.85. The molecule has 0 spiro atoms. The van der Waals surface area contributed by atoms with Crippen LogP contribution in [0.5, 0.6) is 0 Å². The van der Waals surface area contributed by atoms with Gasteiger partial charge in [0.2, 0.25) is 10.0 Å². The van der Waals surface area contributed by atoms with Gasteiger partial charge in [-0.3, -0.25) is 0 Å². The Morgan fingerprint density at radius 1 is 1.27 bits per heavy atom. The second-order valence-corrected chi connectivity index (χ2v) is 7.79. The van der Waals surface area contributed by atoms with Crippen molar-refractivity contribution in [2.45, 2.75) is 43.5 Å². The minimum atomic E-state index is -3.50. The van der Waals surface area contributed by atoms with E-state index in [0.29, 0.717) is 17.1 Å². The van der Waals surface area contributed by atoms with Crippen molar-refractivity contribution in [3.63, 3.8) is 0 Å². The van der Waals surface area contributed by atoms with Crippen LogP contribution in [0.4, 0.5) is 0 Å². The van der Waals surface area contributed by atoms with Crippen molar-refractivity contribution >= 4 is 10.0 Å². The molecular weight excluding hydrogens is 300 g/mol. The van der Waals surface area contributed by atoms with Crippen LogP contribution in [0.3, 0.4) is 0 Å². The molecule has 0 aliphatic carbocycles. The monoisotopic (exact) mass is 320 g/mol. The van der Waals surface area contributed by atoms with Gasteiger partial charge in [0.1, 0.15) is 11.5 Å². The number of aromatic nitrogens is 1. The molecule has 0 saturated carbocycles. The second-order valence-electron chi connectivity index (χ2n) is 5.90. The number of benzene rings is 1. The zero-order valence-electron chi connectivity index (χ0n) is 12.8. The quantitative estimate of drug-likeness (QED) is 0.867. The lowest BCUT2D eigenvalue weighted by Gasteiger charge is -2.22. The van der Waals surface area contributed by atoms with Gasteiger partial charge >= 0.3 is 0 Å². The molecule has 1 aromatic carbocycles. The van der Waals surface area contributed by atoms with Gasteiger partial charge in [0.25, 0.3) is 0 Å². The molecule has 6 heteroatoms. The average Bonchev–Trinajstić information content (AvgIpc) is 3.17. The standard InChI is InChI=1S/C16H20N2O3S/c1-12(2)16-11-14(17-21-16)15-9-6-10-18(15)22(19,20)13-7-4-3-5-8-13/h3-5,7-8,11-12,15H,6,9-10H2,1-2H3/t15-/m1/s1. The molecule has 1 fully saturated rings. The van der Waals surface area contributed by atoms with Crippen molar-refractivity contribution in [3.05, 3.63) is 47.9 Å². The largest absolute Gasteiger partial charge is 0.361 e. The molecule has 22 heavy (non-hydrogen) atoms. The molecule has 5 nitrogen and oxygen atoms in total. The van der Waals surface area contributed by atoms with E-state index in [0.717, 1.165) is 18.6 Å². The summed E-state index contributed by atoms with van der Waals surface area (Å²) in [6.45, 7) is 4.57. The van der Waals surface area contributed by atoms with Crippen LogP contribution in [0.25, 0.3) is 0 Å². The first-order chi connectivity index (χ1) is 10.5. The third-order valence-corrected chi connectivity index (χ3v) is 5.93. The summed E-state index contributed by atoms with van der Waals surface area (Å²) in [4.78, 5) is 0.328. The van der Waals surface area contributed by atoms with Crippen molar-refractivity contribution < 1.29 is 12.9 Å². The summed E-state index contributed by atoms with van der Waals surface area (Å²) in [5.74, 6) is 1.03. The van der Waals surface area contributed by atoms with Gasteiger partial charge in [0, 0.05) is 18.5 Å². The lowest BCUT2D eigenvalue weighted by Crippen LogP contribution is -2.30. The van der Waals surface area contributed by atoms with E-state index in [4.69, 9.17) is 4.52 Å². The molecule has 1 aliphatic heterocycles. The molecule has 3 rings (SSSR count). The summed E-state index contributed by atoms with van der Waals surface area (Å²) in [6.07, 6.45) is 1.61. The van der Waals surface area contributed by atoms with Gasteiger partial charge in [-0.1, -0.05) is 37.2 Å². The first kappa shape index (κ1) is 15.2. The third-order valence-electron chi connectivity index (χ3n) is 4.01. The van der Waals surface area contributed by atoms with E-state index in [1.165, 1.54) is 0 Å². The van der Waals surface area contributed by atoms with E-state index in [1.807, 2.05) is 26.0 Å². The van der Waals surface area contributed by atoms with Crippen LogP contribution in [0.2, 0.25) is 0 Å².